The summed E-state index contributed by atoms with van der Waals surface area (Å²) in [4.78, 5) is 2.96. The van der Waals surface area contributed by atoms with Gasteiger partial charge in [0.25, 0.3) is 0 Å². The van der Waals surface area contributed by atoms with Gasteiger partial charge in [-0.15, -0.1) is 0 Å². The average molecular weight is 501 g/mol. The summed E-state index contributed by atoms with van der Waals surface area (Å²) < 4.78 is 16.6. The van der Waals surface area contributed by atoms with Crippen LogP contribution in [0, 0.1) is 0 Å². The van der Waals surface area contributed by atoms with Gasteiger partial charge in [-0.05, 0) is 55.1 Å². The minimum absolute atomic E-state index is 0.179. The number of phenols is 1. The lowest BCUT2D eigenvalue weighted by molar-refractivity contribution is 0.173. The molecule has 35 heavy (non-hydrogen) atoms. The maximum absolute atomic E-state index is 10.9. The lowest BCUT2D eigenvalue weighted by Gasteiger charge is -2.28. The molecule has 6 nitrogen and oxygen atoms in total. The van der Waals surface area contributed by atoms with E-state index in [9.17, 15) is 5.11 Å². The Morgan fingerprint density at radius 1 is 1.00 bits per heavy atom. The zero-order chi connectivity index (χ0) is 25.8. The van der Waals surface area contributed by atoms with E-state index >= 15 is 0 Å². The first-order chi connectivity index (χ1) is 16.4. The summed E-state index contributed by atoms with van der Waals surface area (Å²) in [7, 11) is 2.09. The van der Waals surface area contributed by atoms with Crippen LogP contribution in [0.15, 0.2) is 30.3 Å². The van der Waals surface area contributed by atoms with Crippen molar-refractivity contribution in [2.24, 2.45) is 0 Å². The van der Waals surface area contributed by atoms with Gasteiger partial charge in [0.05, 0.1) is 0 Å². The molecule has 0 saturated heterocycles. The number of ether oxygens (including phenoxy) is 3. The summed E-state index contributed by atoms with van der Waals surface area (Å²) >= 11 is 5.72. The van der Waals surface area contributed by atoms with E-state index in [4.69, 9.17) is 26.4 Å². The van der Waals surface area contributed by atoms with E-state index < -0.39 is 0 Å². The molecule has 0 aliphatic carbocycles. The molecule has 2 N–H and O–H groups in total. The molecule has 0 spiro atoms. The van der Waals surface area contributed by atoms with Crippen LogP contribution >= 0.6 is 12.2 Å². The minimum atomic E-state index is -0.179. The number of fused-ring (bicyclic) bond motifs is 1. The van der Waals surface area contributed by atoms with Crippen molar-refractivity contribution < 1.29 is 19.3 Å². The van der Waals surface area contributed by atoms with Crippen LogP contribution in [-0.2, 0) is 10.8 Å². The molecule has 0 aromatic heterocycles. The minimum Gasteiger partial charge on any atom is -0.507 e. The highest BCUT2D eigenvalue weighted by Gasteiger charge is 2.27. The molecule has 3 rings (SSSR count). The fourth-order valence-electron chi connectivity index (χ4n) is 3.96. The highest BCUT2D eigenvalue weighted by molar-refractivity contribution is 7.80. The maximum atomic E-state index is 10.9. The Morgan fingerprint density at radius 3 is 2.26 bits per heavy atom. The van der Waals surface area contributed by atoms with Gasteiger partial charge in [0.1, 0.15) is 23.1 Å². The third-order valence-corrected chi connectivity index (χ3v) is 6.46. The predicted molar refractivity (Wildman–Crippen MR) is 145 cm³/mol. The summed E-state index contributed by atoms with van der Waals surface area (Å²) in [6, 6.07) is 9.70. The van der Waals surface area contributed by atoms with E-state index in [2.05, 4.69) is 58.8 Å². The fourth-order valence-corrected chi connectivity index (χ4v) is 4.18. The van der Waals surface area contributed by atoms with E-state index in [0.29, 0.717) is 12.4 Å². The smallest absolute Gasteiger partial charge is 0.231 e. The zero-order valence-corrected chi connectivity index (χ0v) is 23.0. The normalized spacial score (nSPS) is 13.3. The van der Waals surface area contributed by atoms with Crippen LogP contribution in [0.1, 0.15) is 64.7 Å². The van der Waals surface area contributed by atoms with E-state index in [0.717, 1.165) is 65.0 Å². The molecule has 0 bridgehead atoms. The van der Waals surface area contributed by atoms with Crippen molar-refractivity contribution in [1.29, 1.82) is 0 Å². The Bertz CT molecular complexity index is 1010. The Morgan fingerprint density at radius 2 is 1.63 bits per heavy atom. The van der Waals surface area contributed by atoms with Crippen LogP contribution in [-0.4, -0.2) is 55.1 Å². The number of likely N-dealkylation sites (N-methyl/N-ethyl adjacent to an activating group) is 1. The van der Waals surface area contributed by atoms with Crippen LogP contribution in [0.25, 0.3) is 0 Å². The summed E-state index contributed by atoms with van der Waals surface area (Å²) in [6.45, 7) is 16.1. The van der Waals surface area contributed by atoms with E-state index in [-0.39, 0.29) is 17.6 Å². The number of rotatable bonds is 9. The molecule has 0 amide bonds. The predicted octanol–water partition coefficient (Wildman–Crippen LogP) is 5.38. The molecule has 0 unspecified atom stereocenters. The fraction of sp³-hybridized carbons (Fsp3) is 0.536. The second kappa shape index (κ2) is 11.0. The number of aromatic hydroxyl groups is 1. The quantitative estimate of drug-likeness (QED) is 0.354. The van der Waals surface area contributed by atoms with Crippen molar-refractivity contribution in [2.75, 3.05) is 40.1 Å². The number of hydrogen-bond donors (Lipinski definition) is 2. The first-order valence-electron chi connectivity index (χ1n) is 12.2. The molecule has 192 valence electrons. The lowest BCUT2D eigenvalue weighted by atomic mass is 9.78. The highest BCUT2D eigenvalue weighted by atomic mass is 32.1. The van der Waals surface area contributed by atoms with Gasteiger partial charge in [0, 0.05) is 35.8 Å². The van der Waals surface area contributed by atoms with Gasteiger partial charge >= 0.3 is 0 Å². The number of hydrogen-bond acceptors (Lipinski definition) is 6. The Kier molecular flexibility index (Phi) is 8.54. The van der Waals surface area contributed by atoms with Crippen molar-refractivity contribution in [3.63, 3.8) is 0 Å². The summed E-state index contributed by atoms with van der Waals surface area (Å²) in [5.41, 5.74) is 2.44. The molecule has 7 heteroatoms. The van der Waals surface area contributed by atoms with Gasteiger partial charge in [-0.1, -0.05) is 53.8 Å². The largest absolute Gasteiger partial charge is 0.507 e. The van der Waals surface area contributed by atoms with Crippen LogP contribution in [0.3, 0.4) is 0 Å². The van der Waals surface area contributed by atoms with Gasteiger partial charge in [-0.3, -0.25) is 0 Å². The molecule has 2 aromatic carbocycles. The van der Waals surface area contributed by atoms with Crippen molar-refractivity contribution in [1.82, 2.24) is 10.2 Å². The first kappa shape index (κ1) is 27.1. The summed E-state index contributed by atoms with van der Waals surface area (Å²) in [5, 5.41) is 14.3. The SMILES string of the molecule is CN(CCCNC(=S)c1cc(C(C)(C)C)c(O)c(C(C)(C)C)c1)CCOc1ccc2c(c1)OCO2. The van der Waals surface area contributed by atoms with Gasteiger partial charge in [-0.25, -0.2) is 0 Å². The summed E-state index contributed by atoms with van der Waals surface area (Å²) in [6.07, 6.45) is 0.955. The topological polar surface area (TPSA) is 63.2 Å². The number of nitrogens with one attached hydrogen (secondary N) is 1. The summed E-state index contributed by atoms with van der Waals surface area (Å²) in [5.74, 6) is 2.65. The maximum Gasteiger partial charge on any atom is 0.231 e. The molecule has 1 heterocycles. The van der Waals surface area contributed by atoms with E-state index in [1.807, 2.05) is 30.3 Å². The van der Waals surface area contributed by atoms with Gasteiger partial charge < -0.3 is 29.5 Å². The second-order valence-corrected chi connectivity index (χ2v) is 11.6. The van der Waals surface area contributed by atoms with Crippen molar-refractivity contribution in [3.05, 3.63) is 47.0 Å². The van der Waals surface area contributed by atoms with Crippen LogP contribution in [0.4, 0.5) is 0 Å². The third-order valence-electron chi connectivity index (χ3n) is 6.08. The van der Waals surface area contributed by atoms with Crippen molar-refractivity contribution in [2.45, 2.75) is 58.8 Å². The number of benzene rings is 2. The van der Waals surface area contributed by atoms with Crippen molar-refractivity contribution >= 4 is 17.2 Å². The van der Waals surface area contributed by atoms with Gasteiger partial charge in [0.15, 0.2) is 11.5 Å². The zero-order valence-electron chi connectivity index (χ0n) is 22.2. The van der Waals surface area contributed by atoms with E-state index in [1.165, 1.54) is 0 Å². The molecular weight excluding hydrogens is 460 g/mol. The van der Waals surface area contributed by atoms with Crippen LogP contribution in [0.5, 0.6) is 23.0 Å². The molecule has 0 radical (unpaired) electrons. The van der Waals surface area contributed by atoms with Crippen LogP contribution in [0.2, 0.25) is 0 Å². The molecule has 0 saturated carbocycles. The standard InChI is InChI=1S/C28H40N2O4S/c1-27(2,3)21-15-19(16-22(25(21)31)28(4,5)6)26(35)29-11-8-12-30(7)13-14-32-20-9-10-23-24(17-20)34-18-33-23/h9-10,15-17,31H,8,11-14,18H2,1-7H3,(H,29,35). The van der Waals surface area contributed by atoms with Gasteiger partial charge in [-0.2, -0.15) is 0 Å². The average Bonchev–Trinajstić information content (AvgIpc) is 3.23. The van der Waals surface area contributed by atoms with Crippen LogP contribution < -0.4 is 19.5 Å². The molecule has 0 atom stereocenters. The Balaban J connectivity index is 1.46. The lowest BCUT2D eigenvalue weighted by Crippen LogP contribution is -2.30. The number of nitrogens with zero attached hydrogens (tertiary/aromatic N) is 1. The molecule has 2 aromatic rings. The number of phenolic OH excluding ortho intramolecular Hbond substituents is 1. The number of thiocarbonyl (C=S) groups is 1. The molecule has 1 aliphatic rings. The highest BCUT2D eigenvalue weighted by Crippen LogP contribution is 2.40. The first-order valence-corrected chi connectivity index (χ1v) is 12.6. The van der Waals surface area contributed by atoms with Crippen molar-refractivity contribution in [3.8, 4) is 23.0 Å². The Hall–Kier alpha value is -2.51. The third kappa shape index (κ3) is 7.24. The monoisotopic (exact) mass is 500 g/mol. The van der Waals surface area contributed by atoms with E-state index in [1.54, 1.807) is 0 Å². The second-order valence-electron chi connectivity index (χ2n) is 11.2. The van der Waals surface area contributed by atoms with Gasteiger partial charge in [0.2, 0.25) is 6.79 Å². The Labute approximate surface area is 215 Å². The molecule has 0 fully saturated rings. The molecule has 1 aliphatic heterocycles. The molecular formula is C28H40N2O4S.